The van der Waals surface area contributed by atoms with Gasteiger partial charge < -0.3 is 5.32 Å². The van der Waals surface area contributed by atoms with E-state index < -0.39 is 10.0 Å². The minimum absolute atomic E-state index is 0.0708. The van der Waals surface area contributed by atoms with Crippen LogP contribution in [0.5, 0.6) is 0 Å². The molecule has 2 bridgehead atoms. The summed E-state index contributed by atoms with van der Waals surface area (Å²) in [6.45, 7) is 1.99. The van der Waals surface area contributed by atoms with Crippen molar-refractivity contribution in [3.8, 4) is 11.1 Å². The summed E-state index contributed by atoms with van der Waals surface area (Å²) in [5.74, 6) is 1.63. The van der Waals surface area contributed by atoms with Gasteiger partial charge in [-0.1, -0.05) is 48.9 Å². The molecule has 2 aliphatic carbocycles. The highest BCUT2D eigenvalue weighted by Gasteiger charge is 2.42. The molecule has 1 amide bonds. The quantitative estimate of drug-likeness (QED) is 0.461. The molecule has 0 unspecified atom stereocenters. The monoisotopic (exact) mass is 474 g/mol. The van der Waals surface area contributed by atoms with Crippen LogP contribution in [0.3, 0.4) is 0 Å². The van der Waals surface area contributed by atoms with E-state index in [0.29, 0.717) is 23.1 Å². The van der Waals surface area contributed by atoms with Crippen molar-refractivity contribution in [2.24, 2.45) is 17.8 Å². The van der Waals surface area contributed by atoms with Gasteiger partial charge in [0, 0.05) is 17.3 Å². The van der Waals surface area contributed by atoms with Crippen LogP contribution in [0, 0.1) is 17.8 Å². The van der Waals surface area contributed by atoms with E-state index in [-0.39, 0.29) is 16.8 Å². The number of hydrogen-bond acceptors (Lipinski definition) is 3. The van der Waals surface area contributed by atoms with Crippen molar-refractivity contribution in [1.82, 2.24) is 4.72 Å². The first-order valence-electron chi connectivity index (χ1n) is 12.0. The Morgan fingerprint density at radius 1 is 0.853 bits per heavy atom. The highest BCUT2D eigenvalue weighted by atomic mass is 32.2. The van der Waals surface area contributed by atoms with E-state index in [1.54, 1.807) is 36.4 Å². The van der Waals surface area contributed by atoms with Gasteiger partial charge in [0.2, 0.25) is 10.0 Å². The molecule has 2 fully saturated rings. The number of benzene rings is 3. The zero-order valence-corrected chi connectivity index (χ0v) is 20.1. The average molecular weight is 475 g/mol. The van der Waals surface area contributed by atoms with Crippen molar-refractivity contribution in [3.63, 3.8) is 0 Å². The van der Waals surface area contributed by atoms with E-state index in [1.165, 1.54) is 19.3 Å². The molecular formula is C28H30N2O3S. The maximum absolute atomic E-state index is 12.9. The molecule has 0 spiro atoms. The number of carbonyl (C=O) groups is 1. The van der Waals surface area contributed by atoms with E-state index in [9.17, 15) is 13.2 Å². The first-order chi connectivity index (χ1) is 16.4. The zero-order valence-electron chi connectivity index (χ0n) is 19.3. The molecule has 2 aliphatic rings. The van der Waals surface area contributed by atoms with Gasteiger partial charge in [0.15, 0.2) is 0 Å². The largest absolute Gasteiger partial charge is 0.322 e. The molecule has 4 atom stereocenters. The van der Waals surface area contributed by atoms with Crippen molar-refractivity contribution < 1.29 is 13.2 Å². The minimum atomic E-state index is -3.60. The molecule has 0 radical (unpaired) electrons. The maximum atomic E-state index is 12.9. The summed E-state index contributed by atoms with van der Waals surface area (Å²) < 4.78 is 28.7. The fraction of sp³-hybridized carbons (Fsp3) is 0.321. The van der Waals surface area contributed by atoms with Gasteiger partial charge in [-0.25, -0.2) is 13.1 Å². The van der Waals surface area contributed by atoms with Crippen molar-refractivity contribution in [1.29, 1.82) is 0 Å². The summed E-state index contributed by atoms with van der Waals surface area (Å²) in [6, 6.07) is 23.7. The Balaban J connectivity index is 1.21. The van der Waals surface area contributed by atoms with E-state index in [0.717, 1.165) is 23.5 Å². The summed E-state index contributed by atoms with van der Waals surface area (Å²) in [4.78, 5) is 12.9. The molecule has 176 valence electrons. The van der Waals surface area contributed by atoms with Crippen LogP contribution in [0.4, 0.5) is 5.69 Å². The van der Waals surface area contributed by atoms with Gasteiger partial charge in [-0.3, -0.25) is 4.79 Å². The minimum Gasteiger partial charge on any atom is -0.322 e. The molecule has 2 N–H and O–H groups in total. The number of hydrogen-bond donors (Lipinski definition) is 2. The van der Waals surface area contributed by atoms with E-state index in [2.05, 4.69) is 10.0 Å². The van der Waals surface area contributed by atoms with E-state index in [4.69, 9.17) is 0 Å². The molecule has 0 aromatic heterocycles. The predicted octanol–water partition coefficient (Wildman–Crippen LogP) is 5.71. The fourth-order valence-corrected chi connectivity index (χ4v) is 6.97. The average Bonchev–Trinajstić information content (AvgIpc) is 3.49. The fourth-order valence-electron chi connectivity index (χ4n) is 5.67. The smallest absolute Gasteiger partial charge is 0.255 e. The zero-order chi connectivity index (χ0) is 23.7. The van der Waals surface area contributed by atoms with Gasteiger partial charge in [-0.15, -0.1) is 0 Å². The maximum Gasteiger partial charge on any atom is 0.255 e. The highest BCUT2D eigenvalue weighted by molar-refractivity contribution is 7.89. The van der Waals surface area contributed by atoms with Crippen LogP contribution in [-0.4, -0.2) is 20.4 Å². The summed E-state index contributed by atoms with van der Waals surface area (Å²) in [5.41, 5.74) is 3.23. The first kappa shape index (κ1) is 22.8. The third kappa shape index (κ3) is 4.79. The van der Waals surface area contributed by atoms with Gasteiger partial charge in [0.05, 0.1) is 4.90 Å². The van der Waals surface area contributed by atoms with Gasteiger partial charge >= 0.3 is 0 Å². The number of sulfonamides is 1. The van der Waals surface area contributed by atoms with Crippen LogP contribution < -0.4 is 10.0 Å². The third-order valence-electron chi connectivity index (χ3n) is 7.45. The summed E-state index contributed by atoms with van der Waals surface area (Å²) in [5, 5.41) is 2.85. The molecule has 3 aromatic rings. The molecule has 0 aliphatic heterocycles. The van der Waals surface area contributed by atoms with E-state index in [1.807, 2.05) is 49.4 Å². The molecule has 6 heteroatoms. The summed E-state index contributed by atoms with van der Waals surface area (Å²) >= 11 is 0. The molecule has 5 rings (SSSR count). The number of carbonyl (C=O) groups excluding carboxylic acids is 1. The molecule has 0 saturated heterocycles. The van der Waals surface area contributed by atoms with Crippen molar-refractivity contribution in [2.75, 3.05) is 5.32 Å². The second kappa shape index (κ2) is 9.35. The van der Waals surface area contributed by atoms with Crippen molar-refractivity contribution in [3.05, 3.63) is 84.4 Å². The number of amides is 1. The molecule has 3 aromatic carbocycles. The lowest BCUT2D eigenvalue weighted by atomic mass is 9.84. The third-order valence-corrected chi connectivity index (χ3v) is 9.03. The number of nitrogens with one attached hydrogen (secondary N) is 2. The molecule has 0 heterocycles. The number of fused-ring (bicyclic) bond motifs is 2. The van der Waals surface area contributed by atoms with Gasteiger partial charge in [0.1, 0.15) is 0 Å². The van der Waals surface area contributed by atoms with Crippen molar-refractivity contribution >= 4 is 21.6 Å². The van der Waals surface area contributed by atoms with Crippen LogP contribution in [0.2, 0.25) is 0 Å². The number of anilines is 1. The highest BCUT2D eigenvalue weighted by Crippen LogP contribution is 2.49. The SMILES string of the molecule is C[C@H](NS(=O)(=O)c1ccc(NC(=O)c2ccc(-c3ccccc3)cc2)cc1)[C@@H]1C[C@H]2CC[C@H]1C2. The Hall–Kier alpha value is -2.96. The van der Waals surface area contributed by atoms with Gasteiger partial charge in [0.25, 0.3) is 5.91 Å². The molecule has 34 heavy (non-hydrogen) atoms. The summed E-state index contributed by atoms with van der Waals surface area (Å²) in [6.07, 6.45) is 4.90. The Morgan fingerprint density at radius 3 is 2.15 bits per heavy atom. The molecule has 2 saturated carbocycles. The van der Waals surface area contributed by atoms with Crippen LogP contribution in [-0.2, 0) is 10.0 Å². The lowest BCUT2D eigenvalue weighted by molar-refractivity contribution is 0.102. The lowest BCUT2D eigenvalue weighted by Gasteiger charge is -2.28. The van der Waals surface area contributed by atoms with Crippen LogP contribution in [0.25, 0.3) is 11.1 Å². The predicted molar refractivity (Wildman–Crippen MR) is 135 cm³/mol. The number of rotatable bonds is 7. The topological polar surface area (TPSA) is 75.3 Å². The van der Waals surface area contributed by atoms with Crippen molar-refractivity contribution in [2.45, 2.75) is 43.5 Å². The molecular weight excluding hydrogens is 444 g/mol. The second-order valence-electron chi connectivity index (χ2n) is 9.67. The summed E-state index contributed by atoms with van der Waals surface area (Å²) in [7, 11) is -3.60. The Kier molecular flexibility index (Phi) is 6.28. The Bertz CT molecular complexity index is 1260. The van der Waals surface area contributed by atoms with Crippen LogP contribution >= 0.6 is 0 Å². The molecule has 5 nitrogen and oxygen atoms in total. The van der Waals surface area contributed by atoms with Crippen LogP contribution in [0.15, 0.2) is 83.8 Å². The Labute approximate surface area is 201 Å². The van der Waals surface area contributed by atoms with E-state index >= 15 is 0 Å². The first-order valence-corrected chi connectivity index (χ1v) is 13.5. The Morgan fingerprint density at radius 2 is 1.53 bits per heavy atom. The van der Waals surface area contributed by atoms with Gasteiger partial charge in [-0.2, -0.15) is 0 Å². The normalized spacial score (nSPS) is 22.4. The lowest BCUT2D eigenvalue weighted by Crippen LogP contribution is -2.40. The standard InChI is InChI=1S/C28H30N2O3S/c1-19(27-18-20-7-8-24(27)17-20)30-34(32,33)26-15-13-25(14-16-26)29-28(31)23-11-9-22(10-12-23)21-5-3-2-4-6-21/h2-6,9-16,19-20,24,27,30H,7-8,17-18H2,1H3,(H,29,31)/t19-,20-,24-,27-/m0/s1. The van der Waals surface area contributed by atoms with Crippen LogP contribution in [0.1, 0.15) is 43.0 Å². The van der Waals surface area contributed by atoms with Gasteiger partial charge in [-0.05, 0) is 91.5 Å². The second-order valence-corrected chi connectivity index (χ2v) is 11.4.